The number of carbonyl (C=O) groups excluding carboxylic acids is 1. The molecule has 1 aliphatic rings. The number of rotatable bonds is 4. The maximum Gasteiger partial charge on any atom is 0.240 e. The van der Waals surface area contributed by atoms with Crippen LogP contribution in [-0.2, 0) is 4.79 Å². The molecule has 0 bridgehead atoms. The van der Waals surface area contributed by atoms with Gasteiger partial charge in [-0.05, 0) is 25.2 Å². The molecule has 0 radical (unpaired) electrons. The summed E-state index contributed by atoms with van der Waals surface area (Å²) in [4.78, 5) is 11.8. The highest BCUT2D eigenvalue weighted by molar-refractivity contribution is 5.86. The zero-order valence-corrected chi connectivity index (χ0v) is 9.29. The van der Waals surface area contributed by atoms with Crippen molar-refractivity contribution in [2.24, 2.45) is 11.3 Å². The third-order valence-corrected chi connectivity index (χ3v) is 3.17. The Morgan fingerprint density at radius 3 is 2.47 bits per heavy atom. The first-order chi connectivity index (χ1) is 7.05. The predicted molar refractivity (Wildman–Crippen MR) is 55.8 cm³/mol. The van der Waals surface area contributed by atoms with Crippen LogP contribution in [0.2, 0.25) is 0 Å². The van der Waals surface area contributed by atoms with Crippen molar-refractivity contribution in [3.05, 3.63) is 0 Å². The largest absolute Gasteiger partial charge is 0.394 e. The van der Waals surface area contributed by atoms with Crippen molar-refractivity contribution in [3.63, 3.8) is 0 Å². The minimum atomic E-state index is -0.817. The molecule has 84 valence electrons. The highest BCUT2D eigenvalue weighted by atomic mass is 16.3. The Bertz CT molecular complexity index is 277. The van der Waals surface area contributed by atoms with Crippen LogP contribution in [-0.4, -0.2) is 23.7 Å². The third-order valence-electron chi connectivity index (χ3n) is 3.17. The van der Waals surface area contributed by atoms with E-state index in [4.69, 9.17) is 10.4 Å². The van der Waals surface area contributed by atoms with Gasteiger partial charge >= 0.3 is 0 Å². The van der Waals surface area contributed by atoms with E-state index in [9.17, 15) is 4.79 Å². The Labute approximate surface area is 90.3 Å². The van der Waals surface area contributed by atoms with Crippen LogP contribution in [0.1, 0.15) is 33.1 Å². The Morgan fingerprint density at radius 1 is 1.60 bits per heavy atom. The second-order valence-corrected chi connectivity index (χ2v) is 4.55. The minimum absolute atomic E-state index is 0.0785. The summed E-state index contributed by atoms with van der Waals surface area (Å²) in [5.41, 5.74) is -0.817. The zero-order valence-electron chi connectivity index (χ0n) is 9.29. The van der Waals surface area contributed by atoms with Gasteiger partial charge in [0.2, 0.25) is 5.91 Å². The van der Waals surface area contributed by atoms with Crippen LogP contribution >= 0.6 is 0 Å². The highest BCUT2D eigenvalue weighted by Gasteiger charge is 2.45. The van der Waals surface area contributed by atoms with Gasteiger partial charge in [-0.1, -0.05) is 13.8 Å². The number of nitrogens with zero attached hydrogens (tertiary/aromatic N) is 1. The number of carbonyl (C=O) groups is 1. The summed E-state index contributed by atoms with van der Waals surface area (Å²) in [6, 6.07) is 1.84. The molecular weight excluding hydrogens is 192 g/mol. The lowest BCUT2D eigenvalue weighted by atomic mass is 9.69. The molecule has 1 fully saturated rings. The van der Waals surface area contributed by atoms with Crippen LogP contribution in [0.4, 0.5) is 0 Å². The van der Waals surface area contributed by atoms with E-state index in [0.717, 1.165) is 6.42 Å². The average molecular weight is 210 g/mol. The van der Waals surface area contributed by atoms with Crippen LogP contribution in [0.3, 0.4) is 0 Å². The standard InChI is InChI=1S/C11H18N2O2/c1-8(2)9(6-14)13-10(15)11(7-12)4-3-5-11/h8-9,14H,3-6H2,1-2H3,(H,13,15). The van der Waals surface area contributed by atoms with E-state index in [-0.39, 0.29) is 24.5 Å². The molecule has 4 heteroatoms. The van der Waals surface area contributed by atoms with Crippen molar-refractivity contribution >= 4 is 5.91 Å². The summed E-state index contributed by atoms with van der Waals surface area (Å²) in [6.45, 7) is 3.78. The molecule has 1 atom stereocenters. The topological polar surface area (TPSA) is 73.1 Å². The summed E-state index contributed by atoms with van der Waals surface area (Å²) < 4.78 is 0. The summed E-state index contributed by atoms with van der Waals surface area (Å²) in [5, 5.41) is 20.8. The van der Waals surface area contributed by atoms with Crippen LogP contribution in [0.5, 0.6) is 0 Å². The van der Waals surface area contributed by atoms with Crippen LogP contribution < -0.4 is 5.32 Å². The van der Waals surface area contributed by atoms with Crippen LogP contribution in [0, 0.1) is 22.7 Å². The van der Waals surface area contributed by atoms with Crippen molar-refractivity contribution in [2.45, 2.75) is 39.2 Å². The molecule has 0 aromatic rings. The second-order valence-electron chi connectivity index (χ2n) is 4.55. The molecule has 2 N–H and O–H groups in total. The fourth-order valence-electron chi connectivity index (χ4n) is 1.65. The first-order valence-corrected chi connectivity index (χ1v) is 5.39. The van der Waals surface area contributed by atoms with Gasteiger partial charge in [0.15, 0.2) is 0 Å². The molecule has 1 unspecified atom stereocenters. The van der Waals surface area contributed by atoms with E-state index in [1.807, 2.05) is 13.8 Å². The van der Waals surface area contributed by atoms with Gasteiger partial charge in [-0.3, -0.25) is 4.79 Å². The van der Waals surface area contributed by atoms with Gasteiger partial charge < -0.3 is 10.4 Å². The molecule has 1 amide bonds. The predicted octanol–water partition coefficient (Wildman–Crippen LogP) is 0.813. The molecule has 4 nitrogen and oxygen atoms in total. The quantitative estimate of drug-likeness (QED) is 0.721. The van der Waals surface area contributed by atoms with Crippen molar-refractivity contribution in [1.29, 1.82) is 5.26 Å². The molecule has 15 heavy (non-hydrogen) atoms. The Kier molecular flexibility index (Phi) is 3.70. The van der Waals surface area contributed by atoms with E-state index in [2.05, 4.69) is 11.4 Å². The molecule has 0 aromatic heterocycles. The molecule has 0 saturated heterocycles. The zero-order chi connectivity index (χ0) is 11.5. The average Bonchev–Trinajstić information content (AvgIpc) is 2.12. The smallest absolute Gasteiger partial charge is 0.240 e. The van der Waals surface area contributed by atoms with E-state index in [1.165, 1.54) is 0 Å². The van der Waals surface area contributed by atoms with Crippen molar-refractivity contribution in [1.82, 2.24) is 5.32 Å². The molecule has 0 heterocycles. The van der Waals surface area contributed by atoms with E-state index >= 15 is 0 Å². The Morgan fingerprint density at radius 2 is 2.20 bits per heavy atom. The van der Waals surface area contributed by atoms with Gasteiger partial charge in [-0.25, -0.2) is 0 Å². The number of amides is 1. The highest BCUT2D eigenvalue weighted by Crippen LogP contribution is 2.40. The molecular formula is C11H18N2O2. The molecule has 1 saturated carbocycles. The Hall–Kier alpha value is -1.08. The summed E-state index contributed by atoms with van der Waals surface area (Å²) in [6.07, 6.45) is 2.23. The van der Waals surface area contributed by atoms with E-state index in [0.29, 0.717) is 12.8 Å². The number of nitriles is 1. The summed E-state index contributed by atoms with van der Waals surface area (Å²) in [5.74, 6) is -0.0428. The molecule has 0 spiro atoms. The minimum Gasteiger partial charge on any atom is -0.394 e. The second kappa shape index (κ2) is 4.63. The first-order valence-electron chi connectivity index (χ1n) is 5.39. The fraction of sp³-hybridized carbons (Fsp3) is 0.818. The SMILES string of the molecule is CC(C)C(CO)NC(=O)C1(C#N)CCC1. The lowest BCUT2D eigenvalue weighted by Gasteiger charge is -2.35. The number of nitrogens with one attached hydrogen (secondary N) is 1. The normalized spacial score (nSPS) is 20.2. The van der Waals surface area contributed by atoms with Crippen LogP contribution in [0.15, 0.2) is 0 Å². The van der Waals surface area contributed by atoms with E-state index < -0.39 is 5.41 Å². The monoisotopic (exact) mass is 210 g/mol. The van der Waals surface area contributed by atoms with Crippen molar-refractivity contribution in [3.8, 4) is 6.07 Å². The summed E-state index contributed by atoms with van der Waals surface area (Å²) >= 11 is 0. The number of hydrogen-bond acceptors (Lipinski definition) is 3. The summed E-state index contributed by atoms with van der Waals surface area (Å²) in [7, 11) is 0. The lowest BCUT2D eigenvalue weighted by molar-refractivity contribution is -0.133. The van der Waals surface area contributed by atoms with Gasteiger partial charge in [0.1, 0.15) is 5.41 Å². The number of hydrogen-bond donors (Lipinski definition) is 2. The first kappa shape index (κ1) is 12.0. The van der Waals surface area contributed by atoms with Gasteiger partial charge in [0.05, 0.1) is 18.7 Å². The van der Waals surface area contributed by atoms with Crippen molar-refractivity contribution < 1.29 is 9.90 Å². The van der Waals surface area contributed by atoms with Gasteiger partial charge in [-0.15, -0.1) is 0 Å². The molecule has 0 aliphatic heterocycles. The van der Waals surface area contributed by atoms with Gasteiger partial charge in [0, 0.05) is 0 Å². The van der Waals surface area contributed by atoms with Crippen molar-refractivity contribution in [2.75, 3.05) is 6.61 Å². The number of aliphatic hydroxyl groups is 1. The Balaban J connectivity index is 2.58. The lowest BCUT2D eigenvalue weighted by Crippen LogP contribution is -2.51. The number of aliphatic hydroxyl groups excluding tert-OH is 1. The van der Waals surface area contributed by atoms with E-state index in [1.54, 1.807) is 0 Å². The maximum atomic E-state index is 11.8. The third kappa shape index (κ3) is 2.29. The molecule has 1 rings (SSSR count). The van der Waals surface area contributed by atoms with Gasteiger partial charge in [0.25, 0.3) is 0 Å². The fourth-order valence-corrected chi connectivity index (χ4v) is 1.65. The molecule has 0 aromatic carbocycles. The maximum absolute atomic E-state index is 11.8. The molecule has 1 aliphatic carbocycles. The van der Waals surface area contributed by atoms with Gasteiger partial charge in [-0.2, -0.15) is 5.26 Å². The van der Waals surface area contributed by atoms with Crippen LogP contribution in [0.25, 0.3) is 0 Å².